The molecule has 1 rings (SSSR count). The van der Waals surface area contributed by atoms with E-state index >= 15 is 0 Å². The molecule has 0 amide bonds. The van der Waals surface area contributed by atoms with Gasteiger partial charge in [-0.25, -0.2) is 0 Å². The fourth-order valence-electron chi connectivity index (χ4n) is 1.24. The Kier molecular flexibility index (Phi) is 4.07. The Morgan fingerprint density at radius 1 is 1.79 bits per heavy atom. The highest BCUT2D eigenvalue weighted by Gasteiger charge is 2.13. The van der Waals surface area contributed by atoms with Gasteiger partial charge in [-0.2, -0.15) is 0 Å². The summed E-state index contributed by atoms with van der Waals surface area (Å²) in [6.07, 6.45) is 2.43. The highest BCUT2D eigenvalue weighted by atomic mass is 35.5. The largest absolute Gasteiger partial charge is 0.271 e. The average molecular weight is 212 g/mol. The first-order valence-electron chi connectivity index (χ1n) is 4.36. The molecule has 4 heteroatoms. The maximum atomic E-state index is 5.99. The van der Waals surface area contributed by atoms with Crippen LogP contribution in [-0.4, -0.2) is 4.98 Å². The van der Waals surface area contributed by atoms with Crippen LogP contribution in [0, 0.1) is 0 Å². The van der Waals surface area contributed by atoms with Crippen LogP contribution in [-0.2, 0) is 0 Å². The summed E-state index contributed by atoms with van der Waals surface area (Å²) in [5.41, 5.74) is 4.48. The Balaban J connectivity index is 2.89. The lowest BCUT2D eigenvalue weighted by molar-refractivity contribution is 0.537. The molecule has 1 unspecified atom stereocenters. The summed E-state index contributed by atoms with van der Waals surface area (Å²) >= 11 is 5.99. The number of halogens is 1. The molecule has 1 atom stereocenters. The summed E-state index contributed by atoms with van der Waals surface area (Å²) in [5.74, 6) is 5.43. The summed E-state index contributed by atoms with van der Waals surface area (Å²) in [5, 5.41) is 0.622. The fourth-order valence-corrected chi connectivity index (χ4v) is 1.49. The molecular formula is C10H14ClN3. The summed E-state index contributed by atoms with van der Waals surface area (Å²) in [6.45, 7) is 5.78. The van der Waals surface area contributed by atoms with Gasteiger partial charge in [0, 0.05) is 6.20 Å². The van der Waals surface area contributed by atoms with Crippen LogP contribution in [0.5, 0.6) is 0 Å². The Hall–Kier alpha value is -0.900. The SMILES string of the molecule is C=C(C)CC(NN)c1ncccc1Cl. The molecule has 0 aromatic carbocycles. The Morgan fingerprint density at radius 3 is 3.00 bits per heavy atom. The van der Waals surface area contributed by atoms with Crippen molar-refractivity contribution < 1.29 is 0 Å². The number of rotatable bonds is 4. The van der Waals surface area contributed by atoms with E-state index in [1.807, 2.05) is 6.92 Å². The molecule has 0 radical (unpaired) electrons. The third-order valence-corrected chi connectivity index (χ3v) is 2.19. The van der Waals surface area contributed by atoms with E-state index in [2.05, 4.69) is 17.0 Å². The zero-order valence-corrected chi connectivity index (χ0v) is 8.88. The first kappa shape index (κ1) is 11.2. The lowest BCUT2D eigenvalue weighted by Crippen LogP contribution is -2.29. The number of nitrogens with two attached hydrogens (primary N) is 1. The predicted molar refractivity (Wildman–Crippen MR) is 58.7 cm³/mol. The summed E-state index contributed by atoms with van der Waals surface area (Å²) in [4.78, 5) is 4.19. The molecule has 1 aromatic heterocycles. The van der Waals surface area contributed by atoms with Gasteiger partial charge in [-0.15, -0.1) is 6.58 Å². The van der Waals surface area contributed by atoms with E-state index in [0.29, 0.717) is 5.02 Å². The van der Waals surface area contributed by atoms with E-state index in [1.54, 1.807) is 18.3 Å². The highest BCUT2D eigenvalue weighted by molar-refractivity contribution is 6.31. The molecule has 0 aliphatic heterocycles. The maximum absolute atomic E-state index is 5.99. The van der Waals surface area contributed by atoms with Crippen molar-refractivity contribution in [2.24, 2.45) is 5.84 Å². The van der Waals surface area contributed by atoms with Crippen LogP contribution >= 0.6 is 11.6 Å². The van der Waals surface area contributed by atoms with Gasteiger partial charge < -0.3 is 0 Å². The standard InChI is InChI=1S/C10H14ClN3/c1-7(2)6-9(14-12)10-8(11)4-3-5-13-10/h3-5,9,14H,1,6,12H2,2H3. The smallest absolute Gasteiger partial charge is 0.0775 e. The molecule has 0 aliphatic rings. The van der Waals surface area contributed by atoms with Crippen molar-refractivity contribution in [3.05, 3.63) is 41.2 Å². The van der Waals surface area contributed by atoms with Gasteiger partial charge in [-0.3, -0.25) is 16.3 Å². The van der Waals surface area contributed by atoms with Crippen molar-refractivity contribution in [1.82, 2.24) is 10.4 Å². The number of hydrazine groups is 1. The summed E-state index contributed by atoms with van der Waals surface area (Å²) in [7, 11) is 0. The lowest BCUT2D eigenvalue weighted by Gasteiger charge is -2.16. The van der Waals surface area contributed by atoms with E-state index in [4.69, 9.17) is 17.4 Å². The van der Waals surface area contributed by atoms with E-state index < -0.39 is 0 Å². The number of nitrogens with one attached hydrogen (secondary N) is 1. The van der Waals surface area contributed by atoms with Gasteiger partial charge in [0.2, 0.25) is 0 Å². The van der Waals surface area contributed by atoms with Crippen molar-refractivity contribution in [2.45, 2.75) is 19.4 Å². The second kappa shape index (κ2) is 5.10. The van der Waals surface area contributed by atoms with E-state index in [0.717, 1.165) is 17.7 Å². The molecule has 0 bridgehead atoms. The van der Waals surface area contributed by atoms with Gasteiger partial charge >= 0.3 is 0 Å². The average Bonchev–Trinajstić information content (AvgIpc) is 2.15. The molecular weight excluding hydrogens is 198 g/mol. The third-order valence-electron chi connectivity index (χ3n) is 1.87. The minimum absolute atomic E-state index is 0.0683. The molecule has 0 fully saturated rings. The third kappa shape index (κ3) is 2.80. The van der Waals surface area contributed by atoms with Gasteiger partial charge in [0.25, 0.3) is 0 Å². The predicted octanol–water partition coefficient (Wildman–Crippen LogP) is 2.21. The van der Waals surface area contributed by atoms with Crippen LogP contribution in [0.25, 0.3) is 0 Å². The Morgan fingerprint density at radius 2 is 2.50 bits per heavy atom. The molecule has 14 heavy (non-hydrogen) atoms. The number of aromatic nitrogens is 1. The normalized spacial score (nSPS) is 12.5. The lowest BCUT2D eigenvalue weighted by atomic mass is 10.1. The summed E-state index contributed by atoms with van der Waals surface area (Å²) < 4.78 is 0. The molecule has 1 heterocycles. The fraction of sp³-hybridized carbons (Fsp3) is 0.300. The van der Waals surface area contributed by atoms with Crippen molar-refractivity contribution in [3.63, 3.8) is 0 Å². The zero-order chi connectivity index (χ0) is 10.6. The molecule has 3 N–H and O–H groups in total. The van der Waals surface area contributed by atoms with Crippen LogP contribution in [0.4, 0.5) is 0 Å². The van der Waals surface area contributed by atoms with Crippen molar-refractivity contribution >= 4 is 11.6 Å². The van der Waals surface area contributed by atoms with Crippen LogP contribution < -0.4 is 11.3 Å². The molecule has 0 saturated carbocycles. The van der Waals surface area contributed by atoms with Crippen LogP contribution in [0.1, 0.15) is 25.1 Å². The van der Waals surface area contributed by atoms with Gasteiger partial charge in [-0.05, 0) is 25.5 Å². The zero-order valence-electron chi connectivity index (χ0n) is 8.13. The van der Waals surface area contributed by atoms with Gasteiger partial charge in [0.15, 0.2) is 0 Å². The molecule has 0 spiro atoms. The number of nitrogens with zero attached hydrogens (tertiary/aromatic N) is 1. The first-order valence-corrected chi connectivity index (χ1v) is 4.74. The van der Waals surface area contributed by atoms with Crippen LogP contribution in [0.15, 0.2) is 30.5 Å². The van der Waals surface area contributed by atoms with Crippen molar-refractivity contribution in [3.8, 4) is 0 Å². The summed E-state index contributed by atoms with van der Waals surface area (Å²) in [6, 6.07) is 3.52. The minimum atomic E-state index is -0.0683. The van der Waals surface area contributed by atoms with Crippen LogP contribution in [0.3, 0.4) is 0 Å². The Bertz CT molecular complexity index is 325. The molecule has 0 aliphatic carbocycles. The first-order chi connectivity index (χ1) is 6.65. The van der Waals surface area contributed by atoms with E-state index in [9.17, 15) is 0 Å². The van der Waals surface area contributed by atoms with Gasteiger partial charge in [0.1, 0.15) is 0 Å². The second-order valence-electron chi connectivity index (χ2n) is 3.25. The Labute approximate surface area is 88.9 Å². The molecule has 76 valence electrons. The van der Waals surface area contributed by atoms with Crippen molar-refractivity contribution in [1.29, 1.82) is 0 Å². The second-order valence-corrected chi connectivity index (χ2v) is 3.66. The topological polar surface area (TPSA) is 50.9 Å². The number of hydrogen-bond acceptors (Lipinski definition) is 3. The van der Waals surface area contributed by atoms with E-state index in [1.165, 1.54) is 0 Å². The highest BCUT2D eigenvalue weighted by Crippen LogP contribution is 2.23. The van der Waals surface area contributed by atoms with E-state index in [-0.39, 0.29) is 6.04 Å². The van der Waals surface area contributed by atoms with Crippen molar-refractivity contribution in [2.75, 3.05) is 0 Å². The monoisotopic (exact) mass is 211 g/mol. The maximum Gasteiger partial charge on any atom is 0.0775 e. The molecule has 3 nitrogen and oxygen atoms in total. The quantitative estimate of drug-likeness (QED) is 0.456. The number of hydrogen-bond donors (Lipinski definition) is 2. The number of pyridine rings is 1. The minimum Gasteiger partial charge on any atom is -0.271 e. The molecule has 1 aromatic rings. The molecule has 0 saturated heterocycles. The van der Waals surface area contributed by atoms with Gasteiger partial charge in [-0.1, -0.05) is 17.2 Å². The van der Waals surface area contributed by atoms with Crippen LogP contribution in [0.2, 0.25) is 5.02 Å². The van der Waals surface area contributed by atoms with Gasteiger partial charge in [0.05, 0.1) is 16.8 Å².